The molecule has 0 amide bonds. The van der Waals surface area contributed by atoms with E-state index in [1.807, 2.05) is 26.0 Å². The lowest BCUT2D eigenvalue weighted by molar-refractivity contribution is 0.400. The molecule has 0 saturated heterocycles. The molecule has 0 radical (unpaired) electrons. The highest BCUT2D eigenvalue weighted by Crippen LogP contribution is 2.09. The summed E-state index contributed by atoms with van der Waals surface area (Å²) in [5.74, 6) is 1.43. The molecule has 0 aromatic carbocycles. The maximum absolute atomic E-state index is 4.90. The monoisotopic (exact) mass is 190 g/mol. The van der Waals surface area contributed by atoms with Gasteiger partial charge < -0.3 is 9.84 Å². The molecule has 14 heavy (non-hydrogen) atoms. The van der Waals surface area contributed by atoms with Crippen LogP contribution in [0.1, 0.15) is 12.7 Å². The fraction of sp³-hybridized carbons (Fsp3) is 0.182. The molecule has 0 saturated carbocycles. The highest BCUT2D eigenvalue weighted by Gasteiger charge is 1.98. The van der Waals surface area contributed by atoms with Crippen LogP contribution in [0, 0.1) is 6.92 Å². The lowest BCUT2D eigenvalue weighted by Gasteiger charge is -1.99. The van der Waals surface area contributed by atoms with Gasteiger partial charge in [0.25, 0.3) is 0 Å². The van der Waals surface area contributed by atoms with Crippen LogP contribution in [0.2, 0.25) is 0 Å². The third-order valence-electron chi connectivity index (χ3n) is 1.49. The van der Waals surface area contributed by atoms with Gasteiger partial charge in [-0.1, -0.05) is 30.0 Å². The first-order chi connectivity index (χ1) is 6.58. The average molecular weight is 190 g/mol. The first-order valence-electron chi connectivity index (χ1n) is 4.31. The van der Waals surface area contributed by atoms with Crippen molar-refractivity contribution in [2.24, 2.45) is 0 Å². The van der Waals surface area contributed by atoms with Crippen LogP contribution in [0.3, 0.4) is 0 Å². The van der Waals surface area contributed by atoms with Crippen molar-refractivity contribution in [1.29, 1.82) is 0 Å². The van der Waals surface area contributed by atoms with E-state index >= 15 is 0 Å². The summed E-state index contributed by atoms with van der Waals surface area (Å²) in [4.78, 5) is 0. The lowest BCUT2D eigenvalue weighted by atomic mass is 10.3. The second-order valence-electron chi connectivity index (χ2n) is 3.15. The normalized spacial score (nSPS) is 10.4. The summed E-state index contributed by atoms with van der Waals surface area (Å²) in [5, 5.41) is 6.77. The smallest absolute Gasteiger partial charge is 0.173 e. The van der Waals surface area contributed by atoms with Gasteiger partial charge in [0.1, 0.15) is 5.76 Å². The maximum Gasteiger partial charge on any atom is 0.173 e. The van der Waals surface area contributed by atoms with Crippen LogP contribution >= 0.6 is 0 Å². The van der Waals surface area contributed by atoms with E-state index < -0.39 is 0 Å². The lowest BCUT2D eigenvalue weighted by Crippen LogP contribution is -1.94. The topological polar surface area (TPSA) is 38.1 Å². The summed E-state index contributed by atoms with van der Waals surface area (Å²) in [6.07, 6.45) is 3.72. The van der Waals surface area contributed by atoms with Gasteiger partial charge in [-0.3, -0.25) is 0 Å². The summed E-state index contributed by atoms with van der Waals surface area (Å²) < 4.78 is 4.90. The van der Waals surface area contributed by atoms with Crippen molar-refractivity contribution >= 4 is 5.82 Å². The fourth-order valence-corrected chi connectivity index (χ4v) is 0.874. The van der Waals surface area contributed by atoms with Crippen LogP contribution in [0.15, 0.2) is 47.2 Å². The number of hydrogen-bond acceptors (Lipinski definition) is 3. The zero-order valence-electron chi connectivity index (χ0n) is 8.50. The van der Waals surface area contributed by atoms with Crippen LogP contribution < -0.4 is 5.32 Å². The summed E-state index contributed by atoms with van der Waals surface area (Å²) >= 11 is 0. The van der Waals surface area contributed by atoms with Crippen molar-refractivity contribution < 1.29 is 4.52 Å². The zero-order chi connectivity index (χ0) is 10.6. The highest BCUT2D eigenvalue weighted by atomic mass is 16.5. The Kier molecular flexibility index (Phi) is 3.29. The predicted octanol–water partition coefficient (Wildman–Crippen LogP) is 3.04. The summed E-state index contributed by atoms with van der Waals surface area (Å²) in [5.41, 5.74) is 1.73. The zero-order valence-corrected chi connectivity index (χ0v) is 8.50. The Labute approximate surface area is 83.8 Å². The van der Waals surface area contributed by atoms with E-state index in [1.54, 1.807) is 6.07 Å². The number of allylic oxidation sites excluding steroid dienone is 3. The average Bonchev–Trinajstić information content (AvgIpc) is 2.48. The summed E-state index contributed by atoms with van der Waals surface area (Å²) in [6.45, 7) is 11.3. The van der Waals surface area contributed by atoms with Gasteiger partial charge in [0.15, 0.2) is 5.82 Å². The Morgan fingerprint density at radius 1 is 1.50 bits per heavy atom. The SMILES string of the molecule is C=C(C)/C=C\C(=C)Nc1cc(C)on1. The van der Waals surface area contributed by atoms with Gasteiger partial charge in [-0.05, 0) is 19.9 Å². The molecule has 1 heterocycles. The van der Waals surface area contributed by atoms with Gasteiger partial charge in [0, 0.05) is 11.8 Å². The van der Waals surface area contributed by atoms with Crippen LogP contribution in [0.25, 0.3) is 0 Å². The quantitative estimate of drug-likeness (QED) is 0.741. The van der Waals surface area contributed by atoms with E-state index in [0.29, 0.717) is 5.82 Å². The molecular weight excluding hydrogens is 176 g/mol. The molecule has 0 spiro atoms. The third-order valence-corrected chi connectivity index (χ3v) is 1.49. The Bertz CT molecular complexity index is 374. The van der Waals surface area contributed by atoms with Crippen molar-refractivity contribution in [3.05, 3.63) is 48.4 Å². The molecule has 0 aliphatic carbocycles. The minimum atomic E-state index is 0.666. The van der Waals surface area contributed by atoms with Crippen molar-refractivity contribution in [2.75, 3.05) is 5.32 Å². The van der Waals surface area contributed by atoms with Crippen LogP contribution in [-0.2, 0) is 0 Å². The number of anilines is 1. The minimum absolute atomic E-state index is 0.666. The molecule has 3 heteroatoms. The van der Waals surface area contributed by atoms with Gasteiger partial charge >= 0.3 is 0 Å². The molecular formula is C11H14N2O. The molecule has 0 bridgehead atoms. The molecule has 0 aliphatic rings. The van der Waals surface area contributed by atoms with Gasteiger partial charge in [0.05, 0.1) is 0 Å². The first-order valence-corrected chi connectivity index (χ1v) is 4.31. The highest BCUT2D eigenvalue weighted by molar-refractivity contribution is 5.44. The van der Waals surface area contributed by atoms with Crippen molar-refractivity contribution in [1.82, 2.24) is 5.16 Å². The molecule has 1 rings (SSSR count). The molecule has 0 aliphatic heterocycles. The summed E-state index contributed by atoms with van der Waals surface area (Å²) in [7, 11) is 0. The standard InChI is InChI=1S/C11H14N2O/c1-8(2)5-6-9(3)12-11-7-10(4)14-13-11/h5-7H,1,3H2,2,4H3,(H,12,13)/b6-5-. The van der Waals surface area contributed by atoms with Crippen molar-refractivity contribution in [2.45, 2.75) is 13.8 Å². The van der Waals surface area contributed by atoms with Gasteiger partial charge in [-0.15, -0.1) is 0 Å². The molecule has 0 unspecified atom stereocenters. The predicted molar refractivity (Wildman–Crippen MR) is 58.0 cm³/mol. The molecule has 1 N–H and O–H groups in total. The van der Waals surface area contributed by atoms with Crippen LogP contribution in [0.5, 0.6) is 0 Å². The minimum Gasteiger partial charge on any atom is -0.360 e. The van der Waals surface area contributed by atoms with E-state index in [2.05, 4.69) is 23.6 Å². The van der Waals surface area contributed by atoms with E-state index in [9.17, 15) is 0 Å². The molecule has 74 valence electrons. The maximum atomic E-state index is 4.90. The van der Waals surface area contributed by atoms with E-state index in [4.69, 9.17) is 4.52 Å². The van der Waals surface area contributed by atoms with Gasteiger partial charge in [-0.2, -0.15) is 0 Å². The number of rotatable bonds is 4. The van der Waals surface area contributed by atoms with Crippen LogP contribution in [-0.4, -0.2) is 5.16 Å². The Balaban J connectivity index is 2.53. The Hall–Kier alpha value is -1.77. The molecule has 0 fully saturated rings. The third kappa shape index (κ3) is 3.31. The Morgan fingerprint density at radius 3 is 2.71 bits per heavy atom. The van der Waals surface area contributed by atoms with Crippen molar-refractivity contribution in [3.63, 3.8) is 0 Å². The largest absolute Gasteiger partial charge is 0.360 e. The molecule has 1 aromatic rings. The second kappa shape index (κ2) is 4.46. The van der Waals surface area contributed by atoms with Gasteiger partial charge in [0.2, 0.25) is 0 Å². The number of aromatic nitrogens is 1. The fourth-order valence-electron chi connectivity index (χ4n) is 0.874. The van der Waals surface area contributed by atoms with E-state index in [0.717, 1.165) is 17.0 Å². The van der Waals surface area contributed by atoms with Crippen LogP contribution in [0.4, 0.5) is 5.82 Å². The number of nitrogens with zero attached hydrogens (tertiary/aromatic N) is 1. The van der Waals surface area contributed by atoms with E-state index in [-0.39, 0.29) is 0 Å². The van der Waals surface area contributed by atoms with E-state index in [1.165, 1.54) is 0 Å². The molecule has 1 aromatic heterocycles. The first kappa shape index (κ1) is 10.3. The number of aryl methyl sites for hydroxylation is 1. The number of nitrogens with one attached hydrogen (secondary N) is 1. The number of hydrogen-bond donors (Lipinski definition) is 1. The van der Waals surface area contributed by atoms with Gasteiger partial charge in [-0.25, -0.2) is 0 Å². The second-order valence-corrected chi connectivity index (χ2v) is 3.15. The summed E-state index contributed by atoms with van der Waals surface area (Å²) in [6, 6.07) is 1.81. The van der Waals surface area contributed by atoms with Crippen molar-refractivity contribution in [3.8, 4) is 0 Å². The molecule has 3 nitrogen and oxygen atoms in total. The molecule has 0 atom stereocenters. The Morgan fingerprint density at radius 2 is 2.21 bits per heavy atom.